The number of imide groups is 1. The average molecular weight is 263 g/mol. The Morgan fingerprint density at radius 1 is 0.944 bits per heavy atom. The maximum Gasteiger partial charge on any atom is 0.419 e. The molecule has 0 saturated heterocycles. The van der Waals surface area contributed by atoms with Crippen molar-refractivity contribution in [3.05, 3.63) is 0 Å². The van der Waals surface area contributed by atoms with Crippen LogP contribution in [0.25, 0.3) is 0 Å². The summed E-state index contributed by atoms with van der Waals surface area (Å²) in [6.07, 6.45) is -1.82. The summed E-state index contributed by atoms with van der Waals surface area (Å²) >= 11 is 0. The topological polar surface area (TPSA) is 55.8 Å². The zero-order chi connectivity index (χ0) is 14.6. The molecule has 0 aromatic rings. The Bertz CT molecular complexity index is 276. The van der Waals surface area contributed by atoms with Crippen LogP contribution >= 0.6 is 0 Å². The first-order valence-electron chi connectivity index (χ1n) is 5.76. The van der Waals surface area contributed by atoms with E-state index in [1.165, 1.54) is 0 Å². The van der Waals surface area contributed by atoms with Crippen LogP contribution in [0, 0.1) is 0 Å². The minimum atomic E-state index is -0.908. The maximum atomic E-state index is 12.4. The number of halogens is 1. The zero-order valence-electron chi connectivity index (χ0n) is 11.9. The first-order valence-corrected chi connectivity index (χ1v) is 5.76. The molecule has 0 aliphatic carbocycles. The number of hydrogen-bond donors (Lipinski definition) is 0. The molecule has 0 saturated carbocycles. The lowest BCUT2D eigenvalue weighted by Gasteiger charge is -2.28. The Kier molecular flexibility index (Phi) is 5.57. The molecule has 18 heavy (non-hydrogen) atoms. The van der Waals surface area contributed by atoms with Crippen molar-refractivity contribution in [1.29, 1.82) is 0 Å². The van der Waals surface area contributed by atoms with Crippen molar-refractivity contribution in [3.8, 4) is 0 Å². The van der Waals surface area contributed by atoms with E-state index in [2.05, 4.69) is 0 Å². The van der Waals surface area contributed by atoms with E-state index in [-0.39, 0.29) is 6.54 Å². The fraction of sp³-hybridized carbons (Fsp3) is 0.833. The van der Waals surface area contributed by atoms with Crippen LogP contribution in [-0.4, -0.2) is 41.5 Å². The van der Waals surface area contributed by atoms with Gasteiger partial charge in [-0.1, -0.05) is 0 Å². The molecule has 0 rings (SSSR count). The number of alkyl halides is 1. The van der Waals surface area contributed by atoms with Crippen LogP contribution < -0.4 is 0 Å². The molecule has 0 N–H and O–H groups in total. The summed E-state index contributed by atoms with van der Waals surface area (Å²) in [5.41, 5.74) is -1.51. The summed E-state index contributed by atoms with van der Waals surface area (Å²) in [7, 11) is 0. The van der Waals surface area contributed by atoms with E-state index in [1.807, 2.05) is 0 Å². The first kappa shape index (κ1) is 16.7. The molecular weight excluding hydrogens is 241 g/mol. The van der Waals surface area contributed by atoms with E-state index in [0.29, 0.717) is 4.90 Å². The molecule has 106 valence electrons. The number of nitrogens with zero attached hydrogens (tertiary/aromatic N) is 1. The third kappa shape index (κ3) is 7.09. The van der Waals surface area contributed by atoms with E-state index >= 15 is 0 Å². The Morgan fingerprint density at radius 2 is 1.28 bits per heavy atom. The fourth-order valence-electron chi connectivity index (χ4n) is 0.976. The molecule has 0 aromatic carbocycles. The second-order valence-corrected chi connectivity index (χ2v) is 5.80. The molecule has 0 aliphatic heterocycles. The van der Waals surface area contributed by atoms with Crippen molar-refractivity contribution in [3.63, 3.8) is 0 Å². The standard InChI is InChI=1S/C12H22FNO4/c1-11(2,3)17-9(15)14(8-7-13)10(16)18-12(4,5)6/h7-8H2,1-6H3. The minimum absolute atomic E-state index is 0.385. The van der Waals surface area contributed by atoms with Crippen LogP contribution in [0.4, 0.5) is 14.0 Å². The van der Waals surface area contributed by atoms with Gasteiger partial charge in [0, 0.05) is 0 Å². The molecule has 0 aromatic heterocycles. The van der Waals surface area contributed by atoms with Gasteiger partial charge in [-0.05, 0) is 41.5 Å². The quantitative estimate of drug-likeness (QED) is 0.768. The normalized spacial score (nSPS) is 11.9. The zero-order valence-corrected chi connectivity index (χ0v) is 11.9. The number of carbonyl (C=O) groups is 2. The lowest BCUT2D eigenvalue weighted by molar-refractivity contribution is 0.000478. The molecule has 0 aliphatic rings. The molecule has 5 nitrogen and oxygen atoms in total. The Hall–Kier alpha value is -1.33. The number of ether oxygens (including phenoxy) is 2. The predicted molar refractivity (Wildman–Crippen MR) is 65.1 cm³/mol. The highest BCUT2D eigenvalue weighted by Gasteiger charge is 2.30. The number of amides is 2. The van der Waals surface area contributed by atoms with Crippen LogP contribution in [0.5, 0.6) is 0 Å². The summed E-state index contributed by atoms with van der Waals surface area (Å²) in [4.78, 5) is 24.0. The largest absolute Gasteiger partial charge is 0.443 e. The van der Waals surface area contributed by atoms with Gasteiger partial charge in [-0.2, -0.15) is 0 Å². The smallest absolute Gasteiger partial charge is 0.419 e. The van der Waals surface area contributed by atoms with Gasteiger partial charge < -0.3 is 9.47 Å². The molecule has 0 fully saturated rings. The molecule has 0 atom stereocenters. The molecular formula is C12H22FNO4. The molecule has 0 spiro atoms. The molecule has 0 bridgehead atoms. The lowest BCUT2D eigenvalue weighted by atomic mass is 10.2. The highest BCUT2D eigenvalue weighted by molar-refractivity contribution is 5.88. The average Bonchev–Trinajstić information content (AvgIpc) is 2.07. The third-order valence-corrected chi connectivity index (χ3v) is 1.54. The molecule has 2 amide bonds. The SMILES string of the molecule is CC(C)(C)OC(=O)N(CCF)C(=O)OC(C)(C)C. The number of carbonyl (C=O) groups excluding carboxylic acids is 2. The highest BCUT2D eigenvalue weighted by atomic mass is 19.1. The van der Waals surface area contributed by atoms with E-state index in [1.54, 1.807) is 41.5 Å². The van der Waals surface area contributed by atoms with Crippen molar-refractivity contribution in [2.45, 2.75) is 52.7 Å². The monoisotopic (exact) mass is 263 g/mol. The Balaban J connectivity index is 4.75. The second-order valence-electron chi connectivity index (χ2n) is 5.80. The van der Waals surface area contributed by atoms with Crippen molar-refractivity contribution in [1.82, 2.24) is 4.90 Å². The van der Waals surface area contributed by atoms with Gasteiger partial charge in [0.05, 0.1) is 6.54 Å². The maximum absolute atomic E-state index is 12.4. The molecule has 6 heteroatoms. The summed E-state index contributed by atoms with van der Waals surface area (Å²) in [6.45, 7) is 8.73. The van der Waals surface area contributed by atoms with Crippen LogP contribution in [0.15, 0.2) is 0 Å². The van der Waals surface area contributed by atoms with Gasteiger partial charge in [-0.15, -0.1) is 0 Å². The molecule has 0 radical (unpaired) electrons. The van der Waals surface area contributed by atoms with Crippen LogP contribution in [0.2, 0.25) is 0 Å². The molecule has 0 heterocycles. The van der Waals surface area contributed by atoms with E-state index in [0.717, 1.165) is 0 Å². The van der Waals surface area contributed by atoms with E-state index in [4.69, 9.17) is 9.47 Å². The summed E-state index contributed by atoms with van der Waals surface area (Å²) in [5.74, 6) is 0. The van der Waals surface area contributed by atoms with Gasteiger partial charge in [0.25, 0.3) is 0 Å². The molecule has 0 unspecified atom stereocenters. The van der Waals surface area contributed by atoms with Gasteiger partial charge in [-0.25, -0.2) is 18.9 Å². The number of hydrogen-bond acceptors (Lipinski definition) is 4. The fourth-order valence-corrected chi connectivity index (χ4v) is 0.976. The van der Waals surface area contributed by atoms with Crippen molar-refractivity contribution < 1.29 is 23.5 Å². The van der Waals surface area contributed by atoms with Gasteiger partial charge >= 0.3 is 12.2 Å². The summed E-state index contributed by atoms with van der Waals surface area (Å²) in [6, 6.07) is 0. The van der Waals surface area contributed by atoms with Gasteiger partial charge in [0.1, 0.15) is 17.9 Å². The Morgan fingerprint density at radius 3 is 1.50 bits per heavy atom. The lowest BCUT2D eigenvalue weighted by Crippen LogP contribution is -2.44. The summed E-state index contributed by atoms with van der Waals surface area (Å²) in [5, 5.41) is 0. The van der Waals surface area contributed by atoms with Crippen LogP contribution in [0.1, 0.15) is 41.5 Å². The van der Waals surface area contributed by atoms with Gasteiger partial charge in [0.15, 0.2) is 0 Å². The summed E-state index contributed by atoms with van der Waals surface area (Å²) < 4.78 is 22.4. The van der Waals surface area contributed by atoms with Crippen LogP contribution in [-0.2, 0) is 9.47 Å². The first-order chi connectivity index (χ1) is 7.96. The minimum Gasteiger partial charge on any atom is -0.443 e. The van der Waals surface area contributed by atoms with Crippen molar-refractivity contribution >= 4 is 12.2 Å². The van der Waals surface area contributed by atoms with Crippen LogP contribution in [0.3, 0.4) is 0 Å². The van der Waals surface area contributed by atoms with Crippen molar-refractivity contribution in [2.24, 2.45) is 0 Å². The Labute approximate surface area is 107 Å². The van der Waals surface area contributed by atoms with E-state index < -0.39 is 30.1 Å². The highest BCUT2D eigenvalue weighted by Crippen LogP contribution is 2.14. The second kappa shape index (κ2) is 6.02. The predicted octanol–water partition coefficient (Wildman–Crippen LogP) is 3.13. The van der Waals surface area contributed by atoms with Gasteiger partial charge in [-0.3, -0.25) is 0 Å². The van der Waals surface area contributed by atoms with Crippen molar-refractivity contribution in [2.75, 3.05) is 13.2 Å². The number of rotatable bonds is 2. The van der Waals surface area contributed by atoms with E-state index in [9.17, 15) is 14.0 Å². The van der Waals surface area contributed by atoms with Gasteiger partial charge in [0.2, 0.25) is 0 Å². The third-order valence-electron chi connectivity index (χ3n) is 1.54.